The van der Waals surface area contributed by atoms with Crippen LogP contribution in [0.4, 0.5) is 11.5 Å². The van der Waals surface area contributed by atoms with Crippen molar-refractivity contribution in [2.24, 2.45) is 0 Å². The van der Waals surface area contributed by atoms with E-state index in [0.717, 1.165) is 31.0 Å². The average molecular weight is 628 g/mol. The monoisotopic (exact) mass is 627 g/mol. The molecule has 5 rings (SSSR count). The molecule has 236 valence electrons. The van der Waals surface area contributed by atoms with Gasteiger partial charge in [0.15, 0.2) is 5.16 Å². The Morgan fingerprint density at radius 1 is 1.00 bits per heavy atom. The first kappa shape index (κ1) is 32.3. The average Bonchev–Trinajstić information content (AvgIpc) is 3.06. The minimum Gasteiger partial charge on any atom is -0.382 e. The van der Waals surface area contributed by atoms with Gasteiger partial charge in [0.25, 0.3) is 0 Å². The van der Waals surface area contributed by atoms with E-state index in [1.165, 1.54) is 63.9 Å². The number of carbonyl (C=O) groups is 2. The van der Waals surface area contributed by atoms with Crippen molar-refractivity contribution in [2.75, 3.05) is 43.8 Å². The number of nitrogens with zero attached hydrogens (tertiary/aromatic N) is 6. The van der Waals surface area contributed by atoms with Gasteiger partial charge >= 0.3 is 0 Å². The number of amides is 2. The lowest BCUT2D eigenvalue weighted by Gasteiger charge is -2.40. The van der Waals surface area contributed by atoms with Crippen molar-refractivity contribution in [2.45, 2.75) is 68.9 Å². The van der Waals surface area contributed by atoms with Gasteiger partial charge in [0.05, 0.1) is 23.6 Å². The second kappa shape index (κ2) is 15.8. The molecule has 3 aromatic rings. The third-order valence-corrected chi connectivity index (χ3v) is 9.19. The van der Waals surface area contributed by atoms with E-state index in [-0.39, 0.29) is 23.2 Å². The molecular weight excluding hydrogens is 586 g/mol. The Bertz CT molecular complexity index is 1510. The van der Waals surface area contributed by atoms with Crippen molar-refractivity contribution < 1.29 is 9.59 Å². The van der Waals surface area contributed by atoms with Gasteiger partial charge in [-0.2, -0.15) is 5.26 Å². The van der Waals surface area contributed by atoms with E-state index < -0.39 is 0 Å². The van der Waals surface area contributed by atoms with Crippen LogP contribution >= 0.6 is 11.8 Å². The maximum atomic E-state index is 12.6. The van der Waals surface area contributed by atoms with Crippen molar-refractivity contribution in [3.8, 4) is 17.3 Å². The quantitative estimate of drug-likeness (QED) is 0.208. The number of pyridine rings is 1. The van der Waals surface area contributed by atoms with E-state index in [9.17, 15) is 14.9 Å². The number of carbonyl (C=O) groups excluding carboxylic acids is 2. The predicted octanol–water partition coefficient (Wildman–Crippen LogP) is 4.20. The largest absolute Gasteiger partial charge is 0.382 e. The van der Waals surface area contributed by atoms with E-state index in [4.69, 9.17) is 10.7 Å². The van der Waals surface area contributed by atoms with Gasteiger partial charge in [-0.05, 0) is 76.1 Å². The van der Waals surface area contributed by atoms with E-state index >= 15 is 0 Å². The number of nitrogen functional groups attached to an aromatic ring is 1. The number of anilines is 2. The molecule has 4 N–H and O–H groups in total. The van der Waals surface area contributed by atoms with E-state index in [2.05, 4.69) is 36.5 Å². The summed E-state index contributed by atoms with van der Waals surface area (Å²) in [5, 5.41) is 15.9. The van der Waals surface area contributed by atoms with E-state index in [0.29, 0.717) is 46.9 Å². The molecule has 0 spiro atoms. The van der Waals surface area contributed by atoms with Gasteiger partial charge in [0.2, 0.25) is 11.8 Å². The molecule has 0 saturated carbocycles. The van der Waals surface area contributed by atoms with Crippen molar-refractivity contribution in [3.63, 3.8) is 0 Å². The van der Waals surface area contributed by atoms with Gasteiger partial charge < -0.3 is 26.2 Å². The Labute approximate surface area is 269 Å². The van der Waals surface area contributed by atoms with Crippen LogP contribution in [-0.2, 0) is 21.9 Å². The maximum absolute atomic E-state index is 12.6. The normalized spacial score (nSPS) is 16.2. The fourth-order valence-corrected chi connectivity index (χ4v) is 6.69. The Hall–Kier alpha value is -4.05. The third-order valence-electron chi connectivity index (χ3n) is 8.31. The maximum Gasteiger partial charge on any atom is 0.221 e. The lowest BCUT2D eigenvalue weighted by molar-refractivity contribution is -0.121. The Morgan fingerprint density at radius 3 is 2.44 bits per heavy atom. The van der Waals surface area contributed by atoms with Gasteiger partial charge in [-0.1, -0.05) is 36.4 Å². The number of piperidine rings is 2. The van der Waals surface area contributed by atoms with Crippen molar-refractivity contribution in [1.29, 1.82) is 5.26 Å². The number of likely N-dealkylation sites (tertiary alicyclic amines) is 2. The van der Waals surface area contributed by atoms with Crippen LogP contribution in [0.1, 0.15) is 62.4 Å². The number of thioether (sulfide) groups is 1. The Kier molecular flexibility index (Phi) is 11.4. The lowest BCUT2D eigenvalue weighted by atomic mass is 10.00. The first-order valence-electron chi connectivity index (χ1n) is 15.6. The molecule has 4 heterocycles. The first-order chi connectivity index (χ1) is 21.9. The molecule has 12 heteroatoms. The summed E-state index contributed by atoms with van der Waals surface area (Å²) < 4.78 is 0. The fourth-order valence-electron chi connectivity index (χ4n) is 5.93. The summed E-state index contributed by atoms with van der Waals surface area (Å²) in [7, 11) is 0. The van der Waals surface area contributed by atoms with Gasteiger partial charge in [-0.25, -0.2) is 9.97 Å². The van der Waals surface area contributed by atoms with Gasteiger partial charge in [-0.15, -0.1) is 0 Å². The molecule has 2 amide bonds. The van der Waals surface area contributed by atoms with Crippen molar-refractivity contribution >= 4 is 35.1 Å². The summed E-state index contributed by atoms with van der Waals surface area (Å²) in [5.41, 5.74) is 9.69. The lowest BCUT2D eigenvalue weighted by Crippen LogP contribution is -2.47. The number of nitriles is 1. The molecule has 2 fully saturated rings. The summed E-state index contributed by atoms with van der Waals surface area (Å²) in [6.07, 6.45) is 6.91. The fraction of sp³-hybridized carbons (Fsp3) is 0.455. The molecule has 0 aliphatic carbocycles. The molecule has 0 unspecified atom stereocenters. The van der Waals surface area contributed by atoms with Crippen LogP contribution in [-0.4, -0.2) is 75.3 Å². The highest BCUT2D eigenvalue weighted by Crippen LogP contribution is 2.29. The summed E-state index contributed by atoms with van der Waals surface area (Å²) >= 11 is 1.37. The molecule has 1 aromatic carbocycles. The summed E-state index contributed by atoms with van der Waals surface area (Å²) in [6.45, 7) is 7.23. The number of hydrogen-bond donors (Lipinski definition) is 3. The second-order valence-electron chi connectivity index (χ2n) is 11.6. The zero-order chi connectivity index (χ0) is 31.6. The highest BCUT2D eigenvalue weighted by atomic mass is 32.2. The third kappa shape index (κ3) is 9.23. The number of rotatable bonds is 11. The van der Waals surface area contributed by atoms with Crippen LogP contribution in [0.2, 0.25) is 0 Å². The number of nitrogens with two attached hydrogens (primary N) is 1. The summed E-state index contributed by atoms with van der Waals surface area (Å²) in [5.74, 6) is 0.460. The first-order valence-corrected chi connectivity index (χ1v) is 16.6. The van der Waals surface area contributed by atoms with Crippen molar-refractivity contribution in [3.05, 3.63) is 59.4 Å². The van der Waals surface area contributed by atoms with Crippen LogP contribution in [0.25, 0.3) is 11.3 Å². The molecule has 2 aliphatic heterocycles. The molecule has 45 heavy (non-hydrogen) atoms. The minimum atomic E-state index is -0.167. The molecule has 0 radical (unpaired) electrons. The zero-order valence-electron chi connectivity index (χ0n) is 25.8. The van der Waals surface area contributed by atoms with Crippen LogP contribution in [0.15, 0.2) is 47.6 Å². The molecule has 11 nitrogen and oxygen atoms in total. The van der Waals surface area contributed by atoms with Crippen LogP contribution in [0, 0.1) is 11.3 Å². The predicted molar refractivity (Wildman–Crippen MR) is 176 cm³/mol. The zero-order valence-corrected chi connectivity index (χ0v) is 26.6. The van der Waals surface area contributed by atoms with Gasteiger partial charge in [0, 0.05) is 42.9 Å². The Balaban J connectivity index is 1.10. The van der Waals surface area contributed by atoms with Crippen molar-refractivity contribution in [1.82, 2.24) is 30.1 Å². The van der Waals surface area contributed by atoms with Crippen LogP contribution in [0.5, 0.6) is 0 Å². The highest BCUT2D eigenvalue weighted by Gasteiger charge is 2.25. The molecule has 2 aromatic heterocycles. The smallest absolute Gasteiger partial charge is 0.221 e. The standard InChI is InChI=1S/C33H41N9O2S/c1-23(43)37-25-10-8-24(9-11-25)31-29(20-34)32(35)40-33(39-31)45-22-27-7-5-6-26(38-27)21-36-30(44)14-19-41-17-12-28(13-18-41)42-15-3-2-4-16-42/h5-11,28H,2-4,12-19,21-22H2,1H3,(H,36,44)(H,37,43)(H2,35,39,40). The highest BCUT2D eigenvalue weighted by molar-refractivity contribution is 7.98. The summed E-state index contributed by atoms with van der Waals surface area (Å²) in [4.78, 5) is 42.7. The Morgan fingerprint density at radius 2 is 1.73 bits per heavy atom. The molecule has 0 atom stereocenters. The molecule has 2 saturated heterocycles. The number of nitrogens with one attached hydrogen (secondary N) is 2. The molecule has 0 bridgehead atoms. The van der Waals surface area contributed by atoms with Crippen LogP contribution in [0.3, 0.4) is 0 Å². The number of benzene rings is 1. The topological polar surface area (TPSA) is 153 Å². The minimum absolute atomic E-state index is 0.0360. The van der Waals surface area contributed by atoms with Crippen LogP contribution < -0.4 is 16.4 Å². The summed E-state index contributed by atoms with van der Waals surface area (Å²) in [6, 6.07) is 15.6. The van der Waals surface area contributed by atoms with E-state index in [1.807, 2.05) is 18.2 Å². The van der Waals surface area contributed by atoms with E-state index in [1.54, 1.807) is 24.3 Å². The number of hydrogen-bond acceptors (Lipinski definition) is 10. The molecule has 2 aliphatic rings. The van der Waals surface area contributed by atoms with Gasteiger partial charge in [-0.3, -0.25) is 14.6 Å². The second-order valence-corrected chi connectivity index (χ2v) is 12.5. The van der Waals surface area contributed by atoms with Gasteiger partial charge in [0.1, 0.15) is 17.5 Å². The number of aromatic nitrogens is 3. The SMILES string of the molecule is CC(=O)Nc1ccc(-c2nc(SCc3cccc(CNC(=O)CCN4CCC(N5CCCCC5)CC4)n3)nc(N)c2C#N)cc1. The molecular formula is C33H41N9O2S.